The number of aromatic amines is 1. The summed E-state index contributed by atoms with van der Waals surface area (Å²) < 4.78 is 0. The summed E-state index contributed by atoms with van der Waals surface area (Å²) in [5.41, 5.74) is 2.49. The fraction of sp³-hybridized carbons (Fsp3) is 0.350. The Balaban J connectivity index is 1.36. The largest absolute Gasteiger partial charge is 0.361 e. The van der Waals surface area contributed by atoms with E-state index in [4.69, 9.17) is 0 Å². The van der Waals surface area contributed by atoms with Crippen LogP contribution >= 0.6 is 11.3 Å². The monoisotopic (exact) mass is 338 g/mol. The van der Waals surface area contributed by atoms with Gasteiger partial charge in [0.1, 0.15) is 0 Å². The van der Waals surface area contributed by atoms with Crippen molar-refractivity contribution in [3.63, 3.8) is 0 Å². The number of hydrogen-bond acceptors (Lipinski definition) is 2. The molecule has 1 atom stereocenters. The van der Waals surface area contributed by atoms with E-state index in [1.54, 1.807) is 11.3 Å². The first-order chi connectivity index (χ1) is 11.8. The summed E-state index contributed by atoms with van der Waals surface area (Å²) in [7, 11) is 0. The summed E-state index contributed by atoms with van der Waals surface area (Å²) in [6, 6.07) is 12.9. The standard InChI is InChI=1S/C20H22N2OS/c23-20(22-12-4-9-18(22)19-10-5-13-24-19)11-3-6-15-14-21-17-8-2-1-7-16(15)17/h1-2,5,7-8,10,13-14,18,21H,3-4,6,9,11-12H2/t18-/m1/s1. The van der Waals surface area contributed by atoms with Gasteiger partial charge in [0.15, 0.2) is 0 Å². The smallest absolute Gasteiger partial charge is 0.223 e. The Morgan fingerprint density at radius 3 is 3.04 bits per heavy atom. The summed E-state index contributed by atoms with van der Waals surface area (Å²) in [4.78, 5) is 19.4. The van der Waals surface area contributed by atoms with Crippen LogP contribution in [-0.4, -0.2) is 22.3 Å². The minimum atomic E-state index is 0.311. The molecule has 1 saturated heterocycles. The lowest BCUT2D eigenvalue weighted by atomic mass is 10.1. The molecule has 1 aromatic carbocycles. The van der Waals surface area contributed by atoms with Crippen molar-refractivity contribution in [3.8, 4) is 0 Å². The molecular weight excluding hydrogens is 316 g/mol. The van der Waals surface area contributed by atoms with Gasteiger partial charge in [0.05, 0.1) is 6.04 Å². The van der Waals surface area contributed by atoms with Gasteiger partial charge in [-0.2, -0.15) is 0 Å². The maximum Gasteiger partial charge on any atom is 0.223 e. The molecule has 24 heavy (non-hydrogen) atoms. The second-order valence-electron chi connectivity index (χ2n) is 6.47. The quantitative estimate of drug-likeness (QED) is 0.704. The summed E-state index contributed by atoms with van der Waals surface area (Å²) in [6.07, 6.45) is 6.81. The highest BCUT2D eigenvalue weighted by atomic mass is 32.1. The number of hydrogen-bond donors (Lipinski definition) is 1. The lowest BCUT2D eigenvalue weighted by Gasteiger charge is -2.24. The van der Waals surface area contributed by atoms with E-state index in [0.29, 0.717) is 18.4 Å². The van der Waals surface area contributed by atoms with Crippen LogP contribution in [0.25, 0.3) is 10.9 Å². The molecule has 0 aliphatic carbocycles. The second kappa shape index (κ2) is 6.81. The summed E-state index contributed by atoms with van der Waals surface area (Å²) >= 11 is 1.77. The minimum Gasteiger partial charge on any atom is -0.361 e. The normalized spacial score (nSPS) is 17.7. The average molecular weight is 338 g/mol. The number of amides is 1. The van der Waals surface area contributed by atoms with Crippen LogP contribution in [0.15, 0.2) is 48.0 Å². The van der Waals surface area contributed by atoms with E-state index in [0.717, 1.165) is 32.2 Å². The van der Waals surface area contributed by atoms with Gasteiger partial charge in [-0.05, 0) is 48.8 Å². The van der Waals surface area contributed by atoms with Gasteiger partial charge in [-0.3, -0.25) is 4.79 Å². The van der Waals surface area contributed by atoms with Crippen LogP contribution < -0.4 is 0 Å². The Morgan fingerprint density at radius 2 is 2.17 bits per heavy atom. The molecule has 1 N–H and O–H groups in total. The first kappa shape index (κ1) is 15.5. The van der Waals surface area contributed by atoms with Crippen molar-refractivity contribution >= 4 is 28.1 Å². The SMILES string of the molecule is O=C(CCCc1c[nH]c2ccccc12)N1CCC[C@@H]1c1cccs1. The van der Waals surface area contributed by atoms with Gasteiger partial charge in [-0.15, -0.1) is 11.3 Å². The lowest BCUT2D eigenvalue weighted by molar-refractivity contribution is -0.132. The third-order valence-electron chi connectivity index (χ3n) is 4.96. The summed E-state index contributed by atoms with van der Waals surface area (Å²) in [6.45, 7) is 0.911. The molecule has 1 amide bonds. The van der Waals surface area contributed by atoms with Gasteiger partial charge in [-0.1, -0.05) is 24.3 Å². The summed E-state index contributed by atoms with van der Waals surface area (Å²) in [5.74, 6) is 0.311. The number of aromatic nitrogens is 1. The van der Waals surface area contributed by atoms with Gasteiger partial charge in [0, 0.05) is 34.9 Å². The number of para-hydroxylation sites is 1. The number of benzene rings is 1. The molecular formula is C20H22N2OS. The van der Waals surface area contributed by atoms with Crippen LogP contribution in [0.3, 0.4) is 0 Å². The third-order valence-corrected chi connectivity index (χ3v) is 5.93. The molecule has 124 valence electrons. The first-order valence-corrected chi connectivity index (χ1v) is 9.59. The van der Waals surface area contributed by atoms with Gasteiger partial charge in [-0.25, -0.2) is 0 Å². The van der Waals surface area contributed by atoms with Crippen LogP contribution in [0.1, 0.15) is 42.2 Å². The second-order valence-corrected chi connectivity index (χ2v) is 7.45. The molecule has 4 rings (SSSR count). The van der Waals surface area contributed by atoms with E-state index in [2.05, 4.69) is 51.8 Å². The number of H-pyrrole nitrogens is 1. The van der Waals surface area contributed by atoms with E-state index in [9.17, 15) is 4.79 Å². The fourth-order valence-electron chi connectivity index (χ4n) is 3.75. The lowest BCUT2D eigenvalue weighted by Crippen LogP contribution is -2.30. The van der Waals surface area contributed by atoms with Crippen LogP contribution in [0, 0.1) is 0 Å². The zero-order chi connectivity index (χ0) is 16.4. The number of thiophene rings is 1. The van der Waals surface area contributed by atoms with Gasteiger partial charge in [0.2, 0.25) is 5.91 Å². The highest BCUT2D eigenvalue weighted by molar-refractivity contribution is 7.10. The minimum absolute atomic E-state index is 0.311. The molecule has 3 heterocycles. The number of fused-ring (bicyclic) bond motifs is 1. The third kappa shape index (κ3) is 2.98. The van der Waals surface area contributed by atoms with E-state index in [-0.39, 0.29) is 0 Å². The number of carbonyl (C=O) groups excluding carboxylic acids is 1. The molecule has 0 saturated carbocycles. The van der Waals surface area contributed by atoms with Crippen molar-refractivity contribution in [2.24, 2.45) is 0 Å². The molecule has 0 bridgehead atoms. The molecule has 0 spiro atoms. The number of aryl methyl sites for hydroxylation is 1. The van der Waals surface area contributed by atoms with E-state index in [1.165, 1.54) is 21.3 Å². The molecule has 4 heteroatoms. The van der Waals surface area contributed by atoms with E-state index >= 15 is 0 Å². The Kier molecular flexibility index (Phi) is 4.39. The average Bonchev–Trinajstić information content (AvgIpc) is 3.34. The predicted octanol–water partition coefficient (Wildman–Crippen LogP) is 4.92. The number of carbonyl (C=O) groups is 1. The molecule has 1 aliphatic heterocycles. The maximum absolute atomic E-state index is 12.7. The molecule has 1 aliphatic rings. The molecule has 0 radical (unpaired) electrons. The van der Waals surface area contributed by atoms with Gasteiger partial charge in [0.25, 0.3) is 0 Å². The fourth-order valence-corrected chi connectivity index (χ4v) is 4.63. The summed E-state index contributed by atoms with van der Waals surface area (Å²) in [5, 5.41) is 3.38. The number of nitrogens with zero attached hydrogens (tertiary/aromatic N) is 1. The topological polar surface area (TPSA) is 36.1 Å². The Hall–Kier alpha value is -2.07. The first-order valence-electron chi connectivity index (χ1n) is 8.71. The molecule has 3 aromatic rings. The van der Waals surface area contributed by atoms with Crippen LogP contribution in [0.2, 0.25) is 0 Å². The van der Waals surface area contributed by atoms with Crippen molar-refractivity contribution < 1.29 is 4.79 Å². The number of nitrogens with one attached hydrogen (secondary N) is 1. The molecule has 3 nitrogen and oxygen atoms in total. The van der Waals surface area contributed by atoms with Crippen molar-refractivity contribution in [2.75, 3.05) is 6.54 Å². The number of likely N-dealkylation sites (tertiary alicyclic amines) is 1. The molecule has 0 unspecified atom stereocenters. The zero-order valence-electron chi connectivity index (χ0n) is 13.7. The molecule has 2 aromatic heterocycles. The van der Waals surface area contributed by atoms with Gasteiger partial charge >= 0.3 is 0 Å². The molecule has 1 fully saturated rings. The Morgan fingerprint density at radius 1 is 1.25 bits per heavy atom. The van der Waals surface area contributed by atoms with E-state index in [1.807, 2.05) is 6.07 Å². The van der Waals surface area contributed by atoms with Crippen molar-refractivity contribution in [1.82, 2.24) is 9.88 Å². The van der Waals surface area contributed by atoms with Crippen molar-refractivity contribution in [1.29, 1.82) is 0 Å². The zero-order valence-corrected chi connectivity index (χ0v) is 14.5. The highest BCUT2D eigenvalue weighted by Gasteiger charge is 2.29. The van der Waals surface area contributed by atoms with E-state index < -0.39 is 0 Å². The Labute approximate surface area is 146 Å². The van der Waals surface area contributed by atoms with Crippen molar-refractivity contribution in [2.45, 2.75) is 38.1 Å². The predicted molar refractivity (Wildman–Crippen MR) is 99.2 cm³/mol. The van der Waals surface area contributed by atoms with Crippen LogP contribution in [-0.2, 0) is 11.2 Å². The highest BCUT2D eigenvalue weighted by Crippen LogP contribution is 2.35. The maximum atomic E-state index is 12.7. The number of rotatable bonds is 5. The van der Waals surface area contributed by atoms with Crippen LogP contribution in [0.4, 0.5) is 0 Å². The Bertz CT molecular complexity index is 821. The van der Waals surface area contributed by atoms with Crippen molar-refractivity contribution in [3.05, 3.63) is 58.4 Å². The van der Waals surface area contributed by atoms with Gasteiger partial charge < -0.3 is 9.88 Å². The van der Waals surface area contributed by atoms with Crippen LogP contribution in [0.5, 0.6) is 0 Å².